The summed E-state index contributed by atoms with van der Waals surface area (Å²) in [6, 6.07) is 2.17. The summed E-state index contributed by atoms with van der Waals surface area (Å²) in [7, 11) is 3.23. The molecule has 0 radical (unpaired) electrons. The minimum absolute atomic E-state index is 0.00439. The van der Waals surface area contributed by atoms with E-state index in [-0.39, 0.29) is 30.3 Å². The fourth-order valence-corrected chi connectivity index (χ4v) is 2.57. The van der Waals surface area contributed by atoms with Crippen LogP contribution in [0, 0.1) is 11.6 Å². The summed E-state index contributed by atoms with van der Waals surface area (Å²) < 4.78 is 26.3. The smallest absolute Gasteiger partial charge is 0.254 e. The summed E-state index contributed by atoms with van der Waals surface area (Å²) in [6.07, 6.45) is 0.559. The van der Waals surface area contributed by atoms with Crippen molar-refractivity contribution in [2.45, 2.75) is 18.9 Å². The van der Waals surface area contributed by atoms with Crippen LogP contribution in [0.3, 0.4) is 0 Å². The number of rotatable bonds is 5. The summed E-state index contributed by atoms with van der Waals surface area (Å²) in [5.41, 5.74) is -0.287. The van der Waals surface area contributed by atoms with E-state index < -0.39 is 23.6 Å². The summed E-state index contributed by atoms with van der Waals surface area (Å²) in [4.78, 5) is 38.7. The third-order valence-electron chi connectivity index (χ3n) is 4.06. The Balaban J connectivity index is 1.84. The molecule has 1 aromatic carbocycles. The zero-order valence-corrected chi connectivity index (χ0v) is 13.5. The van der Waals surface area contributed by atoms with Crippen LogP contribution in [0.1, 0.15) is 23.2 Å². The highest BCUT2D eigenvalue weighted by molar-refractivity contribution is 5.94. The maximum atomic E-state index is 13.5. The number of nitrogens with zero attached hydrogens (tertiary/aromatic N) is 2. The predicted molar refractivity (Wildman–Crippen MR) is 82.1 cm³/mol. The summed E-state index contributed by atoms with van der Waals surface area (Å²) in [6.45, 7) is 0.595. The lowest BCUT2D eigenvalue weighted by Crippen LogP contribution is -2.43. The molecule has 3 amide bonds. The van der Waals surface area contributed by atoms with Crippen molar-refractivity contribution < 1.29 is 23.2 Å². The van der Waals surface area contributed by atoms with Gasteiger partial charge in [-0.1, -0.05) is 0 Å². The first-order valence-electron chi connectivity index (χ1n) is 7.55. The van der Waals surface area contributed by atoms with Crippen molar-refractivity contribution in [3.05, 3.63) is 35.4 Å². The number of hydrogen-bond donors (Lipinski definition) is 1. The molecule has 0 spiro atoms. The molecular weight excluding hydrogens is 320 g/mol. The van der Waals surface area contributed by atoms with Crippen molar-refractivity contribution in [2.24, 2.45) is 0 Å². The van der Waals surface area contributed by atoms with Crippen molar-refractivity contribution in [2.75, 3.05) is 27.2 Å². The molecule has 1 atom stereocenters. The molecule has 24 heavy (non-hydrogen) atoms. The van der Waals surface area contributed by atoms with Gasteiger partial charge < -0.3 is 15.1 Å². The van der Waals surface area contributed by atoms with Crippen LogP contribution in [0.25, 0.3) is 0 Å². The second-order valence-electron chi connectivity index (χ2n) is 5.70. The molecule has 1 unspecified atom stereocenters. The Morgan fingerprint density at radius 1 is 1.38 bits per heavy atom. The zero-order valence-electron chi connectivity index (χ0n) is 13.5. The van der Waals surface area contributed by atoms with Gasteiger partial charge in [0, 0.05) is 39.7 Å². The molecule has 1 saturated heterocycles. The number of hydrogen-bond acceptors (Lipinski definition) is 3. The van der Waals surface area contributed by atoms with Gasteiger partial charge >= 0.3 is 0 Å². The lowest BCUT2D eigenvalue weighted by molar-refractivity contribution is -0.140. The van der Waals surface area contributed by atoms with Gasteiger partial charge in [-0.05, 0) is 18.6 Å². The monoisotopic (exact) mass is 339 g/mol. The Kier molecular flexibility index (Phi) is 5.48. The van der Waals surface area contributed by atoms with E-state index in [0.29, 0.717) is 19.0 Å². The quantitative estimate of drug-likeness (QED) is 0.862. The van der Waals surface area contributed by atoms with E-state index in [2.05, 4.69) is 5.32 Å². The number of halogens is 2. The van der Waals surface area contributed by atoms with Crippen molar-refractivity contribution in [1.29, 1.82) is 0 Å². The van der Waals surface area contributed by atoms with Crippen LogP contribution in [0.15, 0.2) is 18.2 Å². The average Bonchev–Trinajstić information content (AvgIpc) is 2.86. The van der Waals surface area contributed by atoms with Crippen LogP contribution in [-0.2, 0) is 9.59 Å². The second-order valence-corrected chi connectivity index (χ2v) is 5.70. The maximum absolute atomic E-state index is 13.5. The molecule has 1 aliphatic rings. The molecule has 0 aromatic heterocycles. The minimum atomic E-state index is -0.962. The number of amides is 3. The molecule has 1 aromatic rings. The number of carbonyl (C=O) groups is 3. The van der Waals surface area contributed by atoms with E-state index in [9.17, 15) is 23.2 Å². The fraction of sp³-hybridized carbons (Fsp3) is 0.438. The van der Waals surface area contributed by atoms with Crippen molar-refractivity contribution in [1.82, 2.24) is 15.1 Å². The number of nitrogens with one attached hydrogen (secondary N) is 1. The van der Waals surface area contributed by atoms with E-state index >= 15 is 0 Å². The van der Waals surface area contributed by atoms with Gasteiger partial charge in [-0.3, -0.25) is 14.4 Å². The van der Waals surface area contributed by atoms with E-state index in [1.54, 1.807) is 19.0 Å². The van der Waals surface area contributed by atoms with Crippen LogP contribution in [0.2, 0.25) is 0 Å². The zero-order chi connectivity index (χ0) is 17.9. The Morgan fingerprint density at radius 3 is 2.67 bits per heavy atom. The number of carbonyl (C=O) groups excluding carboxylic acids is 3. The molecule has 0 saturated carbocycles. The molecule has 0 aliphatic carbocycles. The van der Waals surface area contributed by atoms with Gasteiger partial charge in [0.15, 0.2) is 0 Å². The molecule has 2 rings (SSSR count). The first-order chi connectivity index (χ1) is 11.3. The Morgan fingerprint density at radius 2 is 2.08 bits per heavy atom. The SMILES string of the molecule is CN1CCC(N(C)C(=O)CCNC(=O)c2ccc(F)cc2F)C1=O. The molecule has 8 heteroatoms. The molecule has 130 valence electrons. The van der Waals surface area contributed by atoms with Crippen molar-refractivity contribution >= 4 is 17.7 Å². The normalized spacial score (nSPS) is 17.1. The van der Waals surface area contributed by atoms with Crippen LogP contribution in [-0.4, -0.2) is 60.7 Å². The van der Waals surface area contributed by atoms with Crippen molar-refractivity contribution in [3.8, 4) is 0 Å². The molecule has 1 N–H and O–H groups in total. The van der Waals surface area contributed by atoms with Crippen LogP contribution in [0.4, 0.5) is 8.78 Å². The summed E-state index contributed by atoms with van der Waals surface area (Å²) in [5.74, 6) is -2.85. The standard InChI is InChI=1S/C16H19F2N3O3/c1-20-8-6-13(16(20)24)21(2)14(22)5-7-19-15(23)11-4-3-10(17)9-12(11)18/h3-4,9,13H,5-8H2,1-2H3,(H,19,23). The van der Waals surface area contributed by atoms with E-state index in [4.69, 9.17) is 0 Å². The van der Waals surface area contributed by atoms with Gasteiger partial charge in [0.05, 0.1) is 5.56 Å². The lowest BCUT2D eigenvalue weighted by Gasteiger charge is -2.23. The summed E-state index contributed by atoms with van der Waals surface area (Å²) in [5, 5.41) is 2.41. The van der Waals surface area contributed by atoms with Crippen LogP contribution in [0.5, 0.6) is 0 Å². The van der Waals surface area contributed by atoms with Gasteiger partial charge in [-0.15, -0.1) is 0 Å². The van der Waals surface area contributed by atoms with E-state index in [1.165, 1.54) is 4.90 Å². The minimum Gasteiger partial charge on any atom is -0.351 e. The highest BCUT2D eigenvalue weighted by Gasteiger charge is 2.34. The largest absolute Gasteiger partial charge is 0.351 e. The summed E-state index contributed by atoms with van der Waals surface area (Å²) >= 11 is 0. The average molecular weight is 339 g/mol. The molecule has 1 fully saturated rings. The molecule has 0 bridgehead atoms. The number of benzene rings is 1. The third-order valence-corrected chi connectivity index (χ3v) is 4.06. The first kappa shape index (κ1) is 17.8. The van der Waals surface area contributed by atoms with E-state index in [0.717, 1.165) is 12.1 Å². The van der Waals surface area contributed by atoms with Gasteiger partial charge in [-0.25, -0.2) is 8.78 Å². The number of likely N-dealkylation sites (tertiary alicyclic amines) is 1. The maximum Gasteiger partial charge on any atom is 0.254 e. The van der Waals surface area contributed by atoms with Gasteiger partial charge in [-0.2, -0.15) is 0 Å². The third kappa shape index (κ3) is 3.87. The second kappa shape index (κ2) is 7.37. The van der Waals surface area contributed by atoms with Gasteiger partial charge in [0.25, 0.3) is 5.91 Å². The predicted octanol–water partition coefficient (Wildman–Crippen LogP) is 0.774. The Hall–Kier alpha value is -2.51. The van der Waals surface area contributed by atoms with Crippen LogP contribution >= 0.6 is 0 Å². The highest BCUT2D eigenvalue weighted by atomic mass is 19.1. The van der Waals surface area contributed by atoms with Gasteiger partial charge in [0.2, 0.25) is 11.8 Å². The van der Waals surface area contributed by atoms with Gasteiger partial charge in [0.1, 0.15) is 17.7 Å². The fourth-order valence-electron chi connectivity index (χ4n) is 2.57. The number of likely N-dealkylation sites (N-methyl/N-ethyl adjacent to an activating group) is 2. The molecule has 1 heterocycles. The highest BCUT2D eigenvalue weighted by Crippen LogP contribution is 2.15. The van der Waals surface area contributed by atoms with Crippen LogP contribution < -0.4 is 5.32 Å². The van der Waals surface area contributed by atoms with Crippen molar-refractivity contribution in [3.63, 3.8) is 0 Å². The Labute approximate surface area is 138 Å². The first-order valence-corrected chi connectivity index (χ1v) is 7.55. The van der Waals surface area contributed by atoms with E-state index in [1.807, 2.05) is 0 Å². The Bertz CT molecular complexity index is 666. The lowest BCUT2D eigenvalue weighted by atomic mass is 10.2. The topological polar surface area (TPSA) is 69.7 Å². The molecule has 1 aliphatic heterocycles. The molecule has 6 nitrogen and oxygen atoms in total. The molecular formula is C16H19F2N3O3.